The molecule has 0 radical (unpaired) electrons. The van der Waals surface area contributed by atoms with E-state index < -0.39 is 0 Å². The number of hydrogen-bond acceptors (Lipinski definition) is 2. The number of nitrogens with one attached hydrogen (secondary N) is 1. The van der Waals surface area contributed by atoms with Crippen LogP contribution < -0.4 is 5.73 Å². The van der Waals surface area contributed by atoms with E-state index in [-0.39, 0.29) is 0 Å². The lowest BCUT2D eigenvalue weighted by atomic mass is 9.91. The van der Waals surface area contributed by atoms with Crippen molar-refractivity contribution >= 4 is 16.7 Å². The number of anilines is 1. The molecular weight excluding hydrogens is 200 g/mol. The van der Waals surface area contributed by atoms with Gasteiger partial charge in [-0.25, -0.2) is 0 Å². The van der Waals surface area contributed by atoms with Crippen LogP contribution in [-0.4, -0.2) is 18.2 Å². The van der Waals surface area contributed by atoms with Crippen LogP contribution in [-0.2, 0) is 4.74 Å². The van der Waals surface area contributed by atoms with E-state index in [9.17, 15) is 0 Å². The SMILES string of the molecule is Nc1cc2ccc(C3CCOCC3)cc2[nH]1. The highest BCUT2D eigenvalue weighted by Gasteiger charge is 2.16. The maximum absolute atomic E-state index is 5.74. The van der Waals surface area contributed by atoms with Crippen LogP contribution in [0.5, 0.6) is 0 Å². The summed E-state index contributed by atoms with van der Waals surface area (Å²) in [6, 6.07) is 8.56. The second-order valence-corrected chi connectivity index (χ2v) is 4.46. The molecule has 0 amide bonds. The first-order chi connectivity index (χ1) is 7.83. The summed E-state index contributed by atoms with van der Waals surface area (Å²) >= 11 is 0. The Morgan fingerprint density at radius 1 is 1.19 bits per heavy atom. The molecule has 3 N–H and O–H groups in total. The second-order valence-electron chi connectivity index (χ2n) is 4.46. The van der Waals surface area contributed by atoms with E-state index in [0.717, 1.165) is 37.4 Å². The van der Waals surface area contributed by atoms with Crippen LogP contribution in [0.15, 0.2) is 24.3 Å². The molecule has 84 valence electrons. The van der Waals surface area contributed by atoms with Gasteiger partial charge in [-0.2, -0.15) is 0 Å². The number of rotatable bonds is 1. The van der Waals surface area contributed by atoms with Gasteiger partial charge in [-0.1, -0.05) is 12.1 Å². The quantitative estimate of drug-likeness (QED) is 0.770. The Bertz CT molecular complexity index is 498. The Kier molecular flexibility index (Phi) is 2.33. The van der Waals surface area contributed by atoms with Crippen molar-refractivity contribution in [2.75, 3.05) is 18.9 Å². The lowest BCUT2D eigenvalue weighted by Crippen LogP contribution is -2.13. The standard InChI is InChI=1S/C13H16N2O/c14-13-8-11-2-1-10(7-12(11)15-13)9-3-5-16-6-4-9/h1-2,7-9,15H,3-6,14H2. The van der Waals surface area contributed by atoms with E-state index in [1.807, 2.05) is 6.07 Å². The van der Waals surface area contributed by atoms with Crippen molar-refractivity contribution in [1.82, 2.24) is 4.98 Å². The molecule has 1 aromatic carbocycles. The molecular formula is C13H16N2O. The number of aromatic amines is 1. The second kappa shape index (κ2) is 3.83. The zero-order chi connectivity index (χ0) is 11.0. The molecule has 3 rings (SSSR count). The van der Waals surface area contributed by atoms with Gasteiger partial charge in [0.15, 0.2) is 0 Å². The Balaban J connectivity index is 1.97. The average Bonchev–Trinajstić information content (AvgIpc) is 2.69. The third kappa shape index (κ3) is 1.67. The molecule has 0 bridgehead atoms. The number of nitrogens with two attached hydrogens (primary N) is 1. The Morgan fingerprint density at radius 3 is 2.81 bits per heavy atom. The molecule has 0 saturated carbocycles. The number of nitrogen functional groups attached to an aromatic ring is 1. The first-order valence-corrected chi connectivity index (χ1v) is 5.79. The number of H-pyrrole nitrogens is 1. The fraction of sp³-hybridized carbons (Fsp3) is 0.385. The van der Waals surface area contributed by atoms with Crippen LogP contribution in [0.4, 0.5) is 5.82 Å². The molecule has 2 heterocycles. The molecule has 0 atom stereocenters. The summed E-state index contributed by atoms with van der Waals surface area (Å²) in [5.74, 6) is 1.38. The molecule has 16 heavy (non-hydrogen) atoms. The number of aromatic nitrogens is 1. The normalized spacial score (nSPS) is 18.0. The molecule has 1 aliphatic rings. The van der Waals surface area contributed by atoms with Crippen molar-refractivity contribution in [3.05, 3.63) is 29.8 Å². The molecule has 2 aromatic rings. The van der Waals surface area contributed by atoms with Crippen LogP contribution in [0.3, 0.4) is 0 Å². The van der Waals surface area contributed by atoms with Crippen LogP contribution >= 0.6 is 0 Å². The van der Waals surface area contributed by atoms with Gasteiger partial charge in [0, 0.05) is 24.1 Å². The van der Waals surface area contributed by atoms with Gasteiger partial charge < -0.3 is 15.5 Å². The topological polar surface area (TPSA) is 51.0 Å². The van der Waals surface area contributed by atoms with E-state index in [0.29, 0.717) is 5.92 Å². The summed E-state index contributed by atoms with van der Waals surface area (Å²) in [7, 11) is 0. The molecule has 3 nitrogen and oxygen atoms in total. The molecule has 1 saturated heterocycles. The highest BCUT2D eigenvalue weighted by Crippen LogP contribution is 2.29. The van der Waals surface area contributed by atoms with Gasteiger partial charge in [0.05, 0.1) is 0 Å². The molecule has 0 unspecified atom stereocenters. The summed E-state index contributed by atoms with van der Waals surface area (Å²) in [4.78, 5) is 3.18. The molecule has 1 fully saturated rings. The summed E-state index contributed by atoms with van der Waals surface area (Å²) in [6.07, 6.45) is 2.25. The van der Waals surface area contributed by atoms with Gasteiger partial charge in [-0.15, -0.1) is 0 Å². The Morgan fingerprint density at radius 2 is 2.00 bits per heavy atom. The smallest absolute Gasteiger partial charge is 0.101 e. The lowest BCUT2D eigenvalue weighted by molar-refractivity contribution is 0.0853. The highest BCUT2D eigenvalue weighted by atomic mass is 16.5. The van der Waals surface area contributed by atoms with E-state index in [1.165, 1.54) is 10.9 Å². The van der Waals surface area contributed by atoms with E-state index in [4.69, 9.17) is 10.5 Å². The molecule has 1 aliphatic heterocycles. The lowest BCUT2D eigenvalue weighted by Gasteiger charge is -2.22. The number of ether oxygens (including phenoxy) is 1. The molecule has 3 heteroatoms. The van der Waals surface area contributed by atoms with Crippen LogP contribution in [0, 0.1) is 0 Å². The third-order valence-electron chi connectivity index (χ3n) is 3.36. The summed E-state index contributed by atoms with van der Waals surface area (Å²) in [5, 5.41) is 1.19. The van der Waals surface area contributed by atoms with Gasteiger partial charge in [0.1, 0.15) is 5.82 Å². The monoisotopic (exact) mass is 216 g/mol. The first-order valence-electron chi connectivity index (χ1n) is 5.79. The van der Waals surface area contributed by atoms with Gasteiger partial charge in [-0.05, 0) is 36.5 Å². The number of hydrogen-bond donors (Lipinski definition) is 2. The summed E-state index contributed by atoms with van der Waals surface area (Å²) in [6.45, 7) is 1.77. The minimum Gasteiger partial charge on any atom is -0.385 e. The predicted octanol–water partition coefficient (Wildman–Crippen LogP) is 2.64. The van der Waals surface area contributed by atoms with Crippen molar-refractivity contribution < 1.29 is 4.74 Å². The minimum absolute atomic E-state index is 0.641. The highest BCUT2D eigenvalue weighted by molar-refractivity contribution is 5.83. The maximum atomic E-state index is 5.74. The maximum Gasteiger partial charge on any atom is 0.101 e. The van der Waals surface area contributed by atoms with Crippen molar-refractivity contribution in [3.8, 4) is 0 Å². The van der Waals surface area contributed by atoms with Crippen molar-refractivity contribution in [1.29, 1.82) is 0 Å². The molecule has 0 spiro atoms. The van der Waals surface area contributed by atoms with Gasteiger partial charge >= 0.3 is 0 Å². The van der Waals surface area contributed by atoms with E-state index >= 15 is 0 Å². The first kappa shape index (κ1) is 9.73. The van der Waals surface area contributed by atoms with Gasteiger partial charge in [-0.3, -0.25) is 0 Å². The minimum atomic E-state index is 0.641. The fourth-order valence-electron chi connectivity index (χ4n) is 2.45. The van der Waals surface area contributed by atoms with Crippen LogP contribution in [0.2, 0.25) is 0 Å². The van der Waals surface area contributed by atoms with Crippen molar-refractivity contribution in [2.24, 2.45) is 0 Å². The third-order valence-corrected chi connectivity index (χ3v) is 3.36. The largest absolute Gasteiger partial charge is 0.385 e. The van der Waals surface area contributed by atoms with E-state index in [1.54, 1.807) is 0 Å². The van der Waals surface area contributed by atoms with Gasteiger partial charge in [0.2, 0.25) is 0 Å². The molecule has 0 aliphatic carbocycles. The fourth-order valence-corrected chi connectivity index (χ4v) is 2.45. The van der Waals surface area contributed by atoms with Crippen LogP contribution in [0.25, 0.3) is 10.9 Å². The Hall–Kier alpha value is -1.48. The number of fused-ring (bicyclic) bond motifs is 1. The van der Waals surface area contributed by atoms with E-state index in [2.05, 4.69) is 23.2 Å². The van der Waals surface area contributed by atoms with Gasteiger partial charge in [0.25, 0.3) is 0 Å². The molecule has 1 aromatic heterocycles. The predicted molar refractivity (Wildman–Crippen MR) is 65.5 cm³/mol. The van der Waals surface area contributed by atoms with Crippen LogP contribution in [0.1, 0.15) is 24.3 Å². The number of benzene rings is 1. The zero-order valence-electron chi connectivity index (χ0n) is 9.20. The average molecular weight is 216 g/mol. The summed E-state index contributed by atoms with van der Waals surface area (Å²) in [5.41, 5.74) is 8.28. The summed E-state index contributed by atoms with van der Waals surface area (Å²) < 4.78 is 5.38. The van der Waals surface area contributed by atoms with Crippen molar-refractivity contribution in [2.45, 2.75) is 18.8 Å². The Labute approximate surface area is 94.6 Å². The zero-order valence-corrected chi connectivity index (χ0v) is 9.20. The van der Waals surface area contributed by atoms with Crippen molar-refractivity contribution in [3.63, 3.8) is 0 Å².